The Morgan fingerprint density at radius 3 is 2.61 bits per heavy atom. The highest BCUT2D eigenvalue weighted by Crippen LogP contribution is 2.38. The predicted molar refractivity (Wildman–Crippen MR) is 75.6 cm³/mol. The quantitative estimate of drug-likeness (QED) is 0.804. The maximum absolute atomic E-state index is 6.07. The third-order valence-corrected chi connectivity index (χ3v) is 3.44. The average Bonchev–Trinajstić information content (AvgIpc) is 2.47. The molecule has 1 aliphatic heterocycles. The molecule has 1 heterocycles. The molecule has 96 valence electrons. The van der Waals surface area contributed by atoms with E-state index in [1.165, 1.54) is 0 Å². The lowest BCUT2D eigenvalue weighted by atomic mass is 9.94. The Hall–Kier alpha value is -1.46. The summed E-state index contributed by atoms with van der Waals surface area (Å²) in [4.78, 5) is 0. The summed E-state index contributed by atoms with van der Waals surface area (Å²) in [7, 11) is 0. The summed E-state index contributed by atoms with van der Waals surface area (Å²) in [5.41, 5.74) is 1.71. The van der Waals surface area contributed by atoms with Gasteiger partial charge in [0.25, 0.3) is 0 Å². The number of ether oxygens (including phenoxy) is 1. The molecule has 1 atom stereocenters. The van der Waals surface area contributed by atoms with Crippen molar-refractivity contribution in [1.29, 1.82) is 0 Å². The van der Waals surface area contributed by atoms with Gasteiger partial charge in [0, 0.05) is 11.3 Å². The van der Waals surface area contributed by atoms with Crippen LogP contribution in [0.3, 0.4) is 0 Å². The number of benzene rings is 1. The van der Waals surface area contributed by atoms with Gasteiger partial charge in [0.05, 0.1) is 17.2 Å². The fourth-order valence-electron chi connectivity index (χ4n) is 2.69. The summed E-state index contributed by atoms with van der Waals surface area (Å²) < 4.78 is 6.07. The second kappa shape index (κ2) is 4.33. The lowest BCUT2D eigenvalue weighted by Gasteiger charge is -2.28. The molecule has 1 unspecified atom stereocenters. The standard InChI is InChI=1S/C16H21NO/c1-6-12-8-7-9-13(10-12)17-14-11-15(2,3)18-16(14,4)5/h1,7-10,14,17H,11H2,2-5H3. The van der Waals surface area contributed by atoms with Crippen LogP contribution in [0.15, 0.2) is 24.3 Å². The van der Waals surface area contributed by atoms with Gasteiger partial charge in [-0.25, -0.2) is 0 Å². The van der Waals surface area contributed by atoms with E-state index < -0.39 is 0 Å². The average molecular weight is 243 g/mol. The van der Waals surface area contributed by atoms with E-state index in [0.29, 0.717) is 6.04 Å². The number of hydrogen-bond acceptors (Lipinski definition) is 2. The molecule has 18 heavy (non-hydrogen) atoms. The van der Waals surface area contributed by atoms with Crippen LogP contribution in [0.25, 0.3) is 0 Å². The first-order chi connectivity index (χ1) is 8.32. The highest BCUT2D eigenvalue weighted by atomic mass is 16.5. The molecule has 0 radical (unpaired) electrons. The van der Waals surface area contributed by atoms with E-state index in [4.69, 9.17) is 11.2 Å². The second-order valence-electron chi connectivity index (χ2n) is 6.09. The van der Waals surface area contributed by atoms with Crippen LogP contribution in [0.2, 0.25) is 0 Å². The van der Waals surface area contributed by atoms with Crippen LogP contribution in [0.1, 0.15) is 39.7 Å². The van der Waals surface area contributed by atoms with E-state index in [1.807, 2.05) is 24.3 Å². The zero-order valence-corrected chi connectivity index (χ0v) is 11.6. The van der Waals surface area contributed by atoms with Crippen LogP contribution in [-0.2, 0) is 4.74 Å². The van der Waals surface area contributed by atoms with E-state index >= 15 is 0 Å². The first kappa shape index (κ1) is 13.0. The minimum Gasteiger partial charge on any atom is -0.379 e. The van der Waals surface area contributed by atoms with Crippen LogP contribution in [0.5, 0.6) is 0 Å². The summed E-state index contributed by atoms with van der Waals surface area (Å²) in [6.07, 6.45) is 6.41. The van der Waals surface area contributed by atoms with Gasteiger partial charge in [-0.3, -0.25) is 0 Å². The second-order valence-corrected chi connectivity index (χ2v) is 6.09. The molecule has 0 saturated carbocycles. The maximum atomic E-state index is 6.07. The number of rotatable bonds is 2. The first-order valence-corrected chi connectivity index (χ1v) is 6.36. The molecule has 0 spiro atoms. The summed E-state index contributed by atoms with van der Waals surface area (Å²) in [6.45, 7) is 8.53. The van der Waals surface area contributed by atoms with Crippen molar-refractivity contribution in [1.82, 2.24) is 0 Å². The molecule has 2 nitrogen and oxygen atoms in total. The van der Waals surface area contributed by atoms with Crippen molar-refractivity contribution in [2.75, 3.05) is 5.32 Å². The van der Waals surface area contributed by atoms with Crippen LogP contribution < -0.4 is 5.32 Å². The molecule has 1 N–H and O–H groups in total. The van der Waals surface area contributed by atoms with E-state index in [-0.39, 0.29) is 11.2 Å². The fourth-order valence-corrected chi connectivity index (χ4v) is 2.69. The highest BCUT2D eigenvalue weighted by molar-refractivity contribution is 5.51. The zero-order valence-electron chi connectivity index (χ0n) is 11.6. The Balaban J connectivity index is 2.17. The summed E-state index contributed by atoms with van der Waals surface area (Å²) in [5.74, 6) is 2.66. The smallest absolute Gasteiger partial charge is 0.0834 e. The number of nitrogens with one attached hydrogen (secondary N) is 1. The van der Waals surface area contributed by atoms with Gasteiger partial charge in [-0.15, -0.1) is 6.42 Å². The van der Waals surface area contributed by atoms with Gasteiger partial charge in [-0.05, 0) is 52.3 Å². The molecule has 0 aromatic heterocycles. The molecule has 1 aromatic carbocycles. The lowest BCUT2D eigenvalue weighted by Crippen LogP contribution is -2.38. The number of hydrogen-bond donors (Lipinski definition) is 1. The van der Waals surface area contributed by atoms with E-state index in [2.05, 4.69) is 38.9 Å². The van der Waals surface area contributed by atoms with Crippen molar-refractivity contribution in [3.8, 4) is 12.3 Å². The van der Waals surface area contributed by atoms with Gasteiger partial charge in [-0.2, -0.15) is 0 Å². The van der Waals surface area contributed by atoms with Gasteiger partial charge in [0.15, 0.2) is 0 Å². The molecule has 1 aromatic rings. The van der Waals surface area contributed by atoms with Crippen molar-refractivity contribution < 1.29 is 4.74 Å². The predicted octanol–water partition coefficient (Wildman–Crippen LogP) is 3.43. The highest BCUT2D eigenvalue weighted by Gasteiger charge is 2.45. The Kier molecular flexibility index (Phi) is 3.12. The molecule has 1 aliphatic rings. The molecule has 1 fully saturated rings. The van der Waals surface area contributed by atoms with Crippen molar-refractivity contribution in [2.45, 2.75) is 51.4 Å². The normalized spacial score (nSPS) is 24.5. The van der Waals surface area contributed by atoms with Gasteiger partial charge >= 0.3 is 0 Å². The van der Waals surface area contributed by atoms with E-state index in [0.717, 1.165) is 17.7 Å². The lowest BCUT2D eigenvalue weighted by molar-refractivity contribution is -0.0662. The van der Waals surface area contributed by atoms with Crippen molar-refractivity contribution in [3.05, 3.63) is 29.8 Å². The molecule has 2 heteroatoms. The van der Waals surface area contributed by atoms with Crippen molar-refractivity contribution in [3.63, 3.8) is 0 Å². The molecule has 0 amide bonds. The van der Waals surface area contributed by atoms with Gasteiger partial charge in [0.2, 0.25) is 0 Å². The van der Waals surface area contributed by atoms with Crippen molar-refractivity contribution in [2.24, 2.45) is 0 Å². The Morgan fingerprint density at radius 2 is 2.06 bits per heavy atom. The number of terminal acetylenes is 1. The Morgan fingerprint density at radius 1 is 1.33 bits per heavy atom. The van der Waals surface area contributed by atoms with Gasteiger partial charge in [0.1, 0.15) is 0 Å². The van der Waals surface area contributed by atoms with Crippen LogP contribution >= 0.6 is 0 Å². The fraction of sp³-hybridized carbons (Fsp3) is 0.500. The SMILES string of the molecule is C#Cc1cccc(NC2CC(C)(C)OC2(C)C)c1. The number of anilines is 1. The molecule has 1 saturated heterocycles. The topological polar surface area (TPSA) is 21.3 Å². The largest absolute Gasteiger partial charge is 0.379 e. The molecule has 0 bridgehead atoms. The summed E-state index contributed by atoms with van der Waals surface area (Å²) in [5, 5.41) is 3.54. The molecular formula is C16H21NO. The first-order valence-electron chi connectivity index (χ1n) is 6.36. The Bertz CT molecular complexity index is 482. The van der Waals surface area contributed by atoms with E-state index in [1.54, 1.807) is 0 Å². The van der Waals surface area contributed by atoms with Crippen LogP contribution in [-0.4, -0.2) is 17.2 Å². The van der Waals surface area contributed by atoms with Crippen LogP contribution in [0, 0.1) is 12.3 Å². The molecule has 0 aliphatic carbocycles. The zero-order chi connectivity index (χ0) is 13.4. The third-order valence-electron chi connectivity index (χ3n) is 3.44. The monoisotopic (exact) mass is 243 g/mol. The molecule has 2 rings (SSSR count). The van der Waals surface area contributed by atoms with E-state index in [9.17, 15) is 0 Å². The van der Waals surface area contributed by atoms with Gasteiger partial charge < -0.3 is 10.1 Å². The van der Waals surface area contributed by atoms with Crippen molar-refractivity contribution >= 4 is 5.69 Å². The van der Waals surface area contributed by atoms with Gasteiger partial charge in [-0.1, -0.05) is 12.0 Å². The third kappa shape index (κ3) is 2.68. The summed E-state index contributed by atoms with van der Waals surface area (Å²) in [6, 6.07) is 8.25. The maximum Gasteiger partial charge on any atom is 0.0834 e. The minimum atomic E-state index is -0.171. The minimum absolute atomic E-state index is 0.0785. The summed E-state index contributed by atoms with van der Waals surface area (Å²) >= 11 is 0. The van der Waals surface area contributed by atoms with Crippen LogP contribution in [0.4, 0.5) is 5.69 Å². The molecular weight excluding hydrogens is 222 g/mol. The Labute approximate surface area is 110 Å².